The van der Waals surface area contributed by atoms with Gasteiger partial charge in [-0.3, -0.25) is 0 Å². The number of thiazole rings is 1. The van der Waals surface area contributed by atoms with Crippen molar-refractivity contribution in [1.82, 2.24) is 10.3 Å². The summed E-state index contributed by atoms with van der Waals surface area (Å²) in [6, 6.07) is 5.91. The number of rotatable bonds is 1. The van der Waals surface area contributed by atoms with Crippen LogP contribution < -0.4 is 10.2 Å². The molecule has 1 aromatic carbocycles. The first-order valence-electron chi connectivity index (χ1n) is 5.85. The van der Waals surface area contributed by atoms with E-state index in [0.717, 1.165) is 41.8 Å². The number of hydrogen-bond acceptors (Lipinski definition) is 4. The molecule has 3 nitrogen and oxygen atoms in total. The van der Waals surface area contributed by atoms with Gasteiger partial charge >= 0.3 is 0 Å². The third kappa shape index (κ3) is 2.39. The Morgan fingerprint density at radius 2 is 2.24 bits per heavy atom. The Kier molecular flexibility index (Phi) is 3.18. The highest BCUT2D eigenvalue weighted by Gasteiger charge is 2.13. The van der Waals surface area contributed by atoms with Crippen molar-refractivity contribution < 1.29 is 0 Å². The highest BCUT2D eigenvalue weighted by atomic mass is 35.5. The van der Waals surface area contributed by atoms with E-state index in [-0.39, 0.29) is 0 Å². The van der Waals surface area contributed by atoms with Crippen molar-refractivity contribution in [3.63, 3.8) is 0 Å². The van der Waals surface area contributed by atoms with Crippen molar-refractivity contribution in [3.05, 3.63) is 23.2 Å². The molecule has 1 aliphatic rings. The first-order chi connectivity index (χ1) is 8.33. The number of anilines is 1. The lowest BCUT2D eigenvalue weighted by Gasteiger charge is -2.17. The molecular weight excluding hydrogens is 254 g/mol. The van der Waals surface area contributed by atoms with E-state index in [9.17, 15) is 0 Å². The van der Waals surface area contributed by atoms with E-state index in [1.807, 2.05) is 12.1 Å². The molecule has 0 aliphatic carbocycles. The normalized spacial score (nSPS) is 17.4. The van der Waals surface area contributed by atoms with Gasteiger partial charge in [-0.25, -0.2) is 4.98 Å². The zero-order valence-corrected chi connectivity index (χ0v) is 11.0. The van der Waals surface area contributed by atoms with Crippen LogP contribution in [0.15, 0.2) is 18.2 Å². The second kappa shape index (κ2) is 4.80. The molecular formula is C12H14ClN3S. The summed E-state index contributed by atoms with van der Waals surface area (Å²) in [5, 5.41) is 5.28. The number of fused-ring (bicyclic) bond motifs is 1. The highest BCUT2D eigenvalue weighted by molar-refractivity contribution is 7.22. The Morgan fingerprint density at radius 1 is 1.29 bits per heavy atom. The second-order valence-corrected chi connectivity index (χ2v) is 5.64. The van der Waals surface area contributed by atoms with Crippen LogP contribution in [0.3, 0.4) is 0 Å². The van der Waals surface area contributed by atoms with Gasteiger partial charge in [-0.05, 0) is 31.2 Å². The predicted octanol–water partition coefficient (Wildman–Crippen LogP) is 2.75. The molecule has 2 heterocycles. The van der Waals surface area contributed by atoms with E-state index >= 15 is 0 Å². The third-order valence-corrected chi connectivity index (χ3v) is 4.28. The average Bonchev–Trinajstić information content (AvgIpc) is 2.57. The molecule has 0 saturated carbocycles. The average molecular weight is 268 g/mol. The van der Waals surface area contributed by atoms with Crippen molar-refractivity contribution >= 4 is 38.3 Å². The summed E-state index contributed by atoms with van der Waals surface area (Å²) in [6.07, 6.45) is 1.18. The Bertz CT molecular complexity index is 517. The van der Waals surface area contributed by atoms with Crippen molar-refractivity contribution in [2.24, 2.45) is 0 Å². The van der Waals surface area contributed by atoms with Gasteiger partial charge in [0.1, 0.15) is 0 Å². The Balaban J connectivity index is 1.93. The van der Waals surface area contributed by atoms with Gasteiger partial charge in [-0.15, -0.1) is 0 Å². The molecule has 17 heavy (non-hydrogen) atoms. The Hall–Kier alpha value is -0.840. The lowest BCUT2D eigenvalue weighted by Crippen LogP contribution is -2.27. The first kappa shape index (κ1) is 11.3. The van der Waals surface area contributed by atoms with Crippen LogP contribution in [0.5, 0.6) is 0 Å². The number of halogens is 1. The van der Waals surface area contributed by atoms with Crippen LogP contribution in [0.25, 0.3) is 10.2 Å². The maximum absolute atomic E-state index is 5.98. The number of nitrogens with zero attached hydrogens (tertiary/aromatic N) is 2. The molecule has 0 spiro atoms. The molecule has 0 atom stereocenters. The SMILES string of the molecule is Clc1ccc2sc(N3CCCNCC3)nc2c1. The van der Waals surface area contributed by atoms with Gasteiger partial charge < -0.3 is 10.2 Å². The molecule has 0 bridgehead atoms. The quantitative estimate of drug-likeness (QED) is 0.861. The molecule has 3 rings (SSSR count). The Morgan fingerprint density at radius 3 is 3.18 bits per heavy atom. The summed E-state index contributed by atoms with van der Waals surface area (Å²) in [5.41, 5.74) is 1.01. The summed E-state index contributed by atoms with van der Waals surface area (Å²) in [6.45, 7) is 4.26. The van der Waals surface area contributed by atoms with E-state index in [1.54, 1.807) is 11.3 Å². The zero-order valence-electron chi connectivity index (χ0n) is 9.45. The van der Waals surface area contributed by atoms with E-state index in [0.29, 0.717) is 0 Å². The van der Waals surface area contributed by atoms with Crippen molar-refractivity contribution in [2.75, 3.05) is 31.1 Å². The maximum atomic E-state index is 5.98. The van der Waals surface area contributed by atoms with Gasteiger partial charge in [-0.1, -0.05) is 22.9 Å². The standard InChI is InChI=1S/C12H14ClN3S/c13-9-2-3-11-10(8-9)15-12(17-11)16-6-1-4-14-5-7-16/h2-3,8,14H,1,4-7H2. The molecule has 90 valence electrons. The highest BCUT2D eigenvalue weighted by Crippen LogP contribution is 2.30. The maximum Gasteiger partial charge on any atom is 0.186 e. The lowest BCUT2D eigenvalue weighted by atomic mass is 10.3. The van der Waals surface area contributed by atoms with Gasteiger partial charge in [0.15, 0.2) is 5.13 Å². The van der Waals surface area contributed by atoms with Gasteiger partial charge in [0.25, 0.3) is 0 Å². The summed E-state index contributed by atoms with van der Waals surface area (Å²) >= 11 is 7.73. The van der Waals surface area contributed by atoms with Crippen LogP contribution in [0, 0.1) is 0 Å². The van der Waals surface area contributed by atoms with Crippen molar-refractivity contribution in [1.29, 1.82) is 0 Å². The Labute approximate surface area is 109 Å². The lowest BCUT2D eigenvalue weighted by molar-refractivity contribution is 0.724. The zero-order chi connectivity index (χ0) is 11.7. The van der Waals surface area contributed by atoms with Gasteiger partial charge in [0, 0.05) is 24.7 Å². The molecule has 1 aromatic heterocycles. The topological polar surface area (TPSA) is 28.2 Å². The minimum atomic E-state index is 0.756. The smallest absolute Gasteiger partial charge is 0.186 e. The fourth-order valence-corrected chi connectivity index (χ4v) is 3.22. The number of nitrogens with one attached hydrogen (secondary N) is 1. The molecule has 1 fully saturated rings. The third-order valence-electron chi connectivity index (χ3n) is 2.95. The number of benzene rings is 1. The summed E-state index contributed by atoms with van der Waals surface area (Å²) < 4.78 is 1.21. The van der Waals surface area contributed by atoms with E-state index in [4.69, 9.17) is 11.6 Å². The van der Waals surface area contributed by atoms with E-state index in [1.165, 1.54) is 11.1 Å². The predicted molar refractivity (Wildman–Crippen MR) is 74.3 cm³/mol. The van der Waals surface area contributed by atoms with Crippen molar-refractivity contribution in [3.8, 4) is 0 Å². The van der Waals surface area contributed by atoms with Crippen LogP contribution in [0.4, 0.5) is 5.13 Å². The molecule has 0 amide bonds. The van der Waals surface area contributed by atoms with Crippen LogP contribution in [0.2, 0.25) is 5.02 Å². The number of hydrogen-bond donors (Lipinski definition) is 1. The molecule has 5 heteroatoms. The van der Waals surface area contributed by atoms with Crippen LogP contribution in [-0.2, 0) is 0 Å². The summed E-state index contributed by atoms with van der Waals surface area (Å²) in [4.78, 5) is 7.03. The molecule has 1 saturated heterocycles. The fraction of sp³-hybridized carbons (Fsp3) is 0.417. The van der Waals surface area contributed by atoms with E-state index < -0.39 is 0 Å². The molecule has 1 N–H and O–H groups in total. The largest absolute Gasteiger partial charge is 0.347 e. The minimum absolute atomic E-state index is 0.756. The second-order valence-electron chi connectivity index (χ2n) is 4.20. The number of aromatic nitrogens is 1. The van der Waals surface area contributed by atoms with E-state index in [2.05, 4.69) is 21.3 Å². The van der Waals surface area contributed by atoms with Crippen LogP contribution in [0.1, 0.15) is 6.42 Å². The van der Waals surface area contributed by atoms with Crippen molar-refractivity contribution in [2.45, 2.75) is 6.42 Å². The first-order valence-corrected chi connectivity index (χ1v) is 7.04. The summed E-state index contributed by atoms with van der Waals surface area (Å²) in [5.74, 6) is 0. The van der Waals surface area contributed by atoms with Gasteiger partial charge in [0.05, 0.1) is 10.2 Å². The fourth-order valence-electron chi connectivity index (χ4n) is 2.06. The minimum Gasteiger partial charge on any atom is -0.347 e. The molecule has 1 aliphatic heterocycles. The van der Waals surface area contributed by atoms with Gasteiger partial charge in [-0.2, -0.15) is 0 Å². The summed E-state index contributed by atoms with van der Waals surface area (Å²) in [7, 11) is 0. The van der Waals surface area contributed by atoms with Crippen LogP contribution >= 0.6 is 22.9 Å². The van der Waals surface area contributed by atoms with Gasteiger partial charge in [0.2, 0.25) is 0 Å². The molecule has 2 aromatic rings. The molecule has 0 radical (unpaired) electrons. The van der Waals surface area contributed by atoms with Crippen LogP contribution in [-0.4, -0.2) is 31.2 Å². The monoisotopic (exact) mass is 267 g/mol. The molecule has 0 unspecified atom stereocenters.